The number of carbonyl (C=O) groups excluding carboxylic acids is 1. The molecule has 30 heavy (non-hydrogen) atoms. The Morgan fingerprint density at radius 3 is 2.57 bits per heavy atom. The summed E-state index contributed by atoms with van der Waals surface area (Å²) in [5, 5.41) is 6.81. The Hall–Kier alpha value is -3.81. The molecule has 0 spiro atoms. The van der Waals surface area contributed by atoms with Crippen LogP contribution >= 0.6 is 0 Å². The molecular weight excluding hydrogens is 384 g/mol. The van der Waals surface area contributed by atoms with Gasteiger partial charge in [0.05, 0.1) is 27.9 Å². The first kappa shape index (κ1) is 19.5. The molecule has 0 saturated carbocycles. The number of nitrogens with zero attached hydrogens (tertiary/aromatic N) is 3. The zero-order chi connectivity index (χ0) is 21.4. The lowest BCUT2D eigenvalue weighted by atomic mass is 10.1. The minimum Gasteiger partial charge on any atom is -0.488 e. The molecule has 8 heteroatoms. The number of para-hydroxylation sites is 1. The fourth-order valence-electron chi connectivity index (χ4n) is 3.42. The number of carbonyl (C=O) groups is 1. The summed E-state index contributed by atoms with van der Waals surface area (Å²) in [5.74, 6) is 0.851. The molecule has 154 valence electrons. The second-order valence-electron chi connectivity index (χ2n) is 7.15. The van der Waals surface area contributed by atoms with Gasteiger partial charge in [-0.1, -0.05) is 17.3 Å². The Labute approximate surface area is 172 Å². The summed E-state index contributed by atoms with van der Waals surface area (Å²) in [5.41, 5.74) is 4.04. The van der Waals surface area contributed by atoms with Crippen molar-refractivity contribution in [1.29, 1.82) is 0 Å². The van der Waals surface area contributed by atoms with Crippen LogP contribution in [0.1, 0.15) is 27.4 Å². The van der Waals surface area contributed by atoms with E-state index in [0.717, 1.165) is 22.3 Å². The number of imidazole rings is 1. The average Bonchev–Trinajstić information content (AvgIpc) is 3.17. The van der Waals surface area contributed by atoms with Crippen molar-refractivity contribution in [2.75, 3.05) is 5.32 Å². The molecule has 0 aliphatic rings. The molecule has 0 unspecified atom stereocenters. The zero-order valence-electron chi connectivity index (χ0n) is 17.2. The summed E-state index contributed by atoms with van der Waals surface area (Å²) in [7, 11) is 3.42. The highest BCUT2D eigenvalue weighted by Gasteiger charge is 2.16. The van der Waals surface area contributed by atoms with Gasteiger partial charge < -0.3 is 14.6 Å². The molecule has 0 aliphatic heterocycles. The van der Waals surface area contributed by atoms with E-state index < -0.39 is 0 Å². The summed E-state index contributed by atoms with van der Waals surface area (Å²) < 4.78 is 14.2. The minimum atomic E-state index is -0.301. The van der Waals surface area contributed by atoms with Gasteiger partial charge in [0.15, 0.2) is 0 Å². The first-order valence-electron chi connectivity index (χ1n) is 9.47. The summed E-state index contributed by atoms with van der Waals surface area (Å²) >= 11 is 0. The largest absolute Gasteiger partial charge is 0.488 e. The SMILES string of the molecule is Cc1noc(C)c1COc1ccccc1C(=O)Nc1ccc2c(c1)n(C)c(=O)n2C. The molecule has 2 heterocycles. The molecule has 2 aromatic heterocycles. The molecule has 8 nitrogen and oxygen atoms in total. The van der Waals surface area contributed by atoms with Gasteiger partial charge in [0.1, 0.15) is 18.1 Å². The van der Waals surface area contributed by atoms with Gasteiger partial charge in [0.2, 0.25) is 0 Å². The molecule has 4 rings (SSSR count). The van der Waals surface area contributed by atoms with Gasteiger partial charge in [-0.15, -0.1) is 0 Å². The lowest BCUT2D eigenvalue weighted by molar-refractivity contribution is 0.102. The Balaban J connectivity index is 1.58. The van der Waals surface area contributed by atoms with Crippen molar-refractivity contribution in [3.63, 3.8) is 0 Å². The van der Waals surface area contributed by atoms with Crippen LogP contribution in [-0.2, 0) is 20.7 Å². The third-order valence-electron chi connectivity index (χ3n) is 5.21. The molecule has 0 radical (unpaired) electrons. The predicted molar refractivity (Wildman–Crippen MR) is 113 cm³/mol. The maximum absolute atomic E-state index is 12.9. The van der Waals surface area contributed by atoms with Crippen LogP contribution < -0.4 is 15.7 Å². The van der Waals surface area contributed by atoms with Gasteiger partial charge in [-0.25, -0.2) is 4.79 Å². The van der Waals surface area contributed by atoms with Crippen molar-refractivity contribution in [3.8, 4) is 5.75 Å². The fraction of sp³-hybridized carbons (Fsp3) is 0.227. The number of hydrogen-bond donors (Lipinski definition) is 1. The molecular formula is C22H22N4O4. The average molecular weight is 406 g/mol. The molecule has 1 N–H and O–H groups in total. The number of amides is 1. The highest BCUT2D eigenvalue weighted by molar-refractivity contribution is 6.06. The number of fused-ring (bicyclic) bond motifs is 1. The number of ether oxygens (including phenoxy) is 1. The fourth-order valence-corrected chi connectivity index (χ4v) is 3.42. The van der Waals surface area contributed by atoms with Crippen LogP contribution in [0.25, 0.3) is 11.0 Å². The number of anilines is 1. The highest BCUT2D eigenvalue weighted by atomic mass is 16.5. The maximum atomic E-state index is 12.9. The monoisotopic (exact) mass is 406 g/mol. The highest BCUT2D eigenvalue weighted by Crippen LogP contribution is 2.24. The van der Waals surface area contributed by atoms with Crippen molar-refractivity contribution >= 4 is 22.6 Å². The first-order chi connectivity index (χ1) is 14.4. The molecule has 0 bridgehead atoms. The van der Waals surface area contributed by atoms with E-state index in [0.29, 0.717) is 22.8 Å². The van der Waals surface area contributed by atoms with E-state index >= 15 is 0 Å². The van der Waals surface area contributed by atoms with Gasteiger partial charge in [-0.05, 0) is 44.2 Å². The van der Waals surface area contributed by atoms with Crippen molar-refractivity contribution < 1.29 is 14.1 Å². The van der Waals surface area contributed by atoms with E-state index in [9.17, 15) is 9.59 Å². The van der Waals surface area contributed by atoms with Crippen molar-refractivity contribution in [2.45, 2.75) is 20.5 Å². The second kappa shape index (κ2) is 7.55. The Kier molecular flexibility index (Phi) is 4.91. The van der Waals surface area contributed by atoms with Crippen LogP contribution in [0.3, 0.4) is 0 Å². The van der Waals surface area contributed by atoms with Gasteiger partial charge in [0, 0.05) is 19.8 Å². The minimum absolute atomic E-state index is 0.119. The van der Waals surface area contributed by atoms with E-state index in [2.05, 4.69) is 10.5 Å². The van der Waals surface area contributed by atoms with E-state index in [1.54, 1.807) is 53.6 Å². The summed E-state index contributed by atoms with van der Waals surface area (Å²) in [6, 6.07) is 12.4. The number of hydrogen-bond acceptors (Lipinski definition) is 5. The Morgan fingerprint density at radius 1 is 1.10 bits per heavy atom. The quantitative estimate of drug-likeness (QED) is 0.549. The zero-order valence-corrected chi connectivity index (χ0v) is 17.2. The summed E-state index contributed by atoms with van der Waals surface area (Å²) in [6.45, 7) is 3.93. The van der Waals surface area contributed by atoms with Crippen LogP contribution in [-0.4, -0.2) is 20.2 Å². The maximum Gasteiger partial charge on any atom is 0.328 e. The number of benzene rings is 2. The topological polar surface area (TPSA) is 91.3 Å². The van der Waals surface area contributed by atoms with Gasteiger partial charge >= 0.3 is 5.69 Å². The molecule has 0 atom stereocenters. The third kappa shape index (κ3) is 3.36. The standard InChI is InChI=1S/C22H22N4O4/c1-13-17(14(2)30-24-13)12-29-20-8-6-5-7-16(20)21(27)23-15-9-10-18-19(11-15)26(4)22(28)25(18)3/h5-11H,12H2,1-4H3,(H,23,27). The number of rotatable bonds is 5. The van der Waals surface area contributed by atoms with Crippen LogP contribution in [0, 0.1) is 13.8 Å². The molecule has 0 saturated heterocycles. The summed E-state index contributed by atoms with van der Waals surface area (Å²) in [4.78, 5) is 25.0. The van der Waals surface area contributed by atoms with Crippen molar-refractivity contribution in [1.82, 2.24) is 14.3 Å². The van der Waals surface area contributed by atoms with Crippen LogP contribution in [0.5, 0.6) is 5.75 Å². The number of aromatic nitrogens is 3. The lowest BCUT2D eigenvalue weighted by Gasteiger charge is -2.12. The number of aryl methyl sites for hydroxylation is 4. The van der Waals surface area contributed by atoms with E-state index in [4.69, 9.17) is 9.26 Å². The van der Waals surface area contributed by atoms with Crippen LogP contribution in [0.2, 0.25) is 0 Å². The normalized spacial score (nSPS) is 11.1. The second-order valence-corrected chi connectivity index (χ2v) is 7.15. The van der Waals surface area contributed by atoms with Crippen molar-refractivity contribution in [3.05, 3.63) is 75.5 Å². The van der Waals surface area contributed by atoms with Gasteiger partial charge in [-0.3, -0.25) is 13.9 Å². The van der Waals surface area contributed by atoms with Crippen LogP contribution in [0.4, 0.5) is 5.69 Å². The van der Waals surface area contributed by atoms with E-state index in [1.165, 1.54) is 0 Å². The molecule has 0 fully saturated rings. The van der Waals surface area contributed by atoms with Crippen LogP contribution in [0.15, 0.2) is 51.8 Å². The Morgan fingerprint density at radius 2 is 1.83 bits per heavy atom. The van der Waals surface area contributed by atoms with Gasteiger partial charge in [-0.2, -0.15) is 0 Å². The molecule has 2 aromatic carbocycles. The van der Waals surface area contributed by atoms with Gasteiger partial charge in [0.25, 0.3) is 5.91 Å². The Bertz CT molecular complexity index is 1290. The number of nitrogens with one attached hydrogen (secondary N) is 1. The third-order valence-corrected chi connectivity index (χ3v) is 5.21. The lowest BCUT2D eigenvalue weighted by Crippen LogP contribution is -2.19. The van der Waals surface area contributed by atoms with E-state index in [1.807, 2.05) is 26.0 Å². The van der Waals surface area contributed by atoms with Crippen molar-refractivity contribution in [2.24, 2.45) is 14.1 Å². The first-order valence-corrected chi connectivity index (χ1v) is 9.47. The summed E-state index contributed by atoms with van der Waals surface area (Å²) in [6.07, 6.45) is 0. The van der Waals surface area contributed by atoms with E-state index in [-0.39, 0.29) is 18.2 Å². The molecule has 4 aromatic rings. The predicted octanol–water partition coefficient (Wildman–Crippen LogP) is 3.31. The molecule has 0 aliphatic carbocycles. The molecule has 1 amide bonds. The smallest absolute Gasteiger partial charge is 0.328 e.